The highest BCUT2D eigenvalue weighted by atomic mass is 35.7. The van der Waals surface area contributed by atoms with Crippen LogP contribution in [0.3, 0.4) is 0 Å². The van der Waals surface area contributed by atoms with Gasteiger partial charge in [-0.3, -0.25) is 9.00 Å². The summed E-state index contributed by atoms with van der Waals surface area (Å²) in [6.45, 7) is 5.73. The number of nitrogens with zero attached hydrogens (tertiary/aromatic N) is 1. The maximum Gasteiger partial charge on any atom is 0.267 e. The smallest absolute Gasteiger partial charge is 0.267 e. The van der Waals surface area contributed by atoms with Crippen LogP contribution in [0.25, 0.3) is 0 Å². The molecule has 0 aromatic carbocycles. The van der Waals surface area contributed by atoms with Gasteiger partial charge in [-0.05, 0) is 19.9 Å². The maximum absolute atomic E-state index is 12.1. The summed E-state index contributed by atoms with van der Waals surface area (Å²) in [6, 6.07) is 1.15. The third-order valence-electron chi connectivity index (χ3n) is 2.83. The Bertz CT molecular complexity index is 638. The van der Waals surface area contributed by atoms with Crippen LogP contribution in [0.4, 0.5) is 0 Å². The van der Waals surface area contributed by atoms with Gasteiger partial charge in [0.1, 0.15) is 10.6 Å². The van der Waals surface area contributed by atoms with Crippen LogP contribution in [0.1, 0.15) is 37.3 Å². The Labute approximate surface area is 131 Å². The van der Waals surface area contributed by atoms with Crippen LogP contribution in [-0.2, 0) is 19.9 Å². The van der Waals surface area contributed by atoms with Crippen molar-refractivity contribution in [3.8, 4) is 0 Å². The molecule has 0 radical (unpaired) electrons. The summed E-state index contributed by atoms with van der Waals surface area (Å²) in [7, 11) is 0.457. The lowest BCUT2D eigenvalue weighted by molar-refractivity contribution is 0.0945. The van der Waals surface area contributed by atoms with E-state index >= 15 is 0 Å². The summed E-state index contributed by atoms with van der Waals surface area (Å²) >= 11 is 0. The van der Waals surface area contributed by atoms with Crippen molar-refractivity contribution in [1.82, 2.24) is 9.88 Å². The van der Waals surface area contributed by atoms with Crippen LogP contribution in [0.5, 0.6) is 0 Å². The molecule has 1 unspecified atom stereocenters. The Hall–Kier alpha value is -0.860. The van der Waals surface area contributed by atoms with Crippen LogP contribution in [0.15, 0.2) is 17.2 Å². The van der Waals surface area contributed by atoms with E-state index in [0.29, 0.717) is 11.5 Å². The van der Waals surface area contributed by atoms with E-state index in [1.807, 2.05) is 13.8 Å². The van der Waals surface area contributed by atoms with Crippen LogP contribution in [0.2, 0.25) is 0 Å². The van der Waals surface area contributed by atoms with Crippen molar-refractivity contribution < 1.29 is 17.4 Å². The first kappa shape index (κ1) is 18.2. The fourth-order valence-electron chi connectivity index (χ4n) is 1.71. The SMILES string of the molecule is CCS(=O)CCNC(=O)c1cc(S(=O)(=O)Cl)cn1C(C)C. The second kappa shape index (κ2) is 7.42. The van der Waals surface area contributed by atoms with Gasteiger partial charge in [0.05, 0.1) is 0 Å². The van der Waals surface area contributed by atoms with Crippen molar-refractivity contribution in [3.63, 3.8) is 0 Å². The van der Waals surface area contributed by atoms with E-state index in [1.54, 1.807) is 11.5 Å². The molecule has 0 aliphatic heterocycles. The van der Waals surface area contributed by atoms with E-state index in [4.69, 9.17) is 10.7 Å². The third kappa shape index (κ3) is 5.12. The van der Waals surface area contributed by atoms with Gasteiger partial charge in [-0.2, -0.15) is 0 Å². The van der Waals surface area contributed by atoms with Crippen LogP contribution < -0.4 is 5.32 Å². The minimum absolute atomic E-state index is 0.0947. The summed E-state index contributed by atoms with van der Waals surface area (Å²) in [4.78, 5) is 12.0. The van der Waals surface area contributed by atoms with E-state index in [2.05, 4.69) is 5.32 Å². The Morgan fingerprint density at radius 3 is 2.57 bits per heavy atom. The lowest BCUT2D eigenvalue weighted by Crippen LogP contribution is -2.30. The van der Waals surface area contributed by atoms with E-state index < -0.39 is 25.8 Å². The summed E-state index contributed by atoms with van der Waals surface area (Å²) in [5.74, 6) is 0.487. The van der Waals surface area contributed by atoms with Gasteiger partial charge in [-0.25, -0.2) is 8.42 Å². The van der Waals surface area contributed by atoms with Crippen molar-refractivity contribution >= 4 is 36.4 Å². The molecule has 9 heteroatoms. The Balaban J connectivity index is 2.93. The molecule has 1 aromatic heterocycles. The van der Waals surface area contributed by atoms with Crippen molar-refractivity contribution in [2.24, 2.45) is 0 Å². The molecule has 1 amide bonds. The molecule has 6 nitrogen and oxygen atoms in total. The highest BCUT2D eigenvalue weighted by molar-refractivity contribution is 8.13. The summed E-state index contributed by atoms with van der Waals surface area (Å²) in [5.41, 5.74) is 0.214. The monoisotopic (exact) mass is 354 g/mol. The van der Waals surface area contributed by atoms with Crippen molar-refractivity contribution in [1.29, 1.82) is 0 Å². The van der Waals surface area contributed by atoms with Gasteiger partial charge < -0.3 is 9.88 Å². The van der Waals surface area contributed by atoms with Crippen LogP contribution >= 0.6 is 10.7 Å². The number of hydrogen-bond donors (Lipinski definition) is 1. The molecule has 0 spiro atoms. The number of carbonyl (C=O) groups excluding carboxylic acids is 1. The molecule has 1 rings (SSSR count). The fraction of sp³-hybridized carbons (Fsp3) is 0.583. The number of rotatable bonds is 7. The van der Waals surface area contributed by atoms with Gasteiger partial charge in [0.2, 0.25) is 0 Å². The second-order valence-corrected chi connectivity index (χ2v) is 9.12. The largest absolute Gasteiger partial charge is 0.350 e. The predicted molar refractivity (Wildman–Crippen MR) is 83.7 cm³/mol. The second-order valence-electron chi connectivity index (χ2n) is 4.69. The third-order valence-corrected chi connectivity index (χ3v) is 5.46. The Morgan fingerprint density at radius 1 is 1.48 bits per heavy atom. The Morgan fingerprint density at radius 2 is 2.10 bits per heavy atom. The zero-order chi connectivity index (χ0) is 16.2. The van der Waals surface area contributed by atoms with Crippen molar-refractivity contribution in [3.05, 3.63) is 18.0 Å². The van der Waals surface area contributed by atoms with Gasteiger partial charge >= 0.3 is 0 Å². The van der Waals surface area contributed by atoms with Crippen LogP contribution in [-0.4, -0.2) is 41.2 Å². The first-order chi connectivity index (χ1) is 9.66. The summed E-state index contributed by atoms with van der Waals surface area (Å²) < 4.78 is 35.6. The Kier molecular flexibility index (Phi) is 6.42. The first-order valence-electron chi connectivity index (χ1n) is 6.46. The van der Waals surface area contributed by atoms with Gasteiger partial charge in [0, 0.05) is 51.8 Å². The lowest BCUT2D eigenvalue weighted by atomic mass is 10.3. The molecule has 1 aromatic rings. The molecule has 0 aliphatic carbocycles. The summed E-state index contributed by atoms with van der Waals surface area (Å²) in [6.07, 6.45) is 1.34. The molecular formula is C12H19ClN2O4S2. The van der Waals surface area contributed by atoms with Crippen molar-refractivity contribution in [2.45, 2.75) is 31.7 Å². The van der Waals surface area contributed by atoms with Crippen LogP contribution in [0, 0.1) is 0 Å². The van der Waals surface area contributed by atoms with E-state index in [0.717, 1.165) is 0 Å². The highest BCUT2D eigenvalue weighted by Crippen LogP contribution is 2.21. The number of aromatic nitrogens is 1. The van der Waals surface area contributed by atoms with E-state index in [-0.39, 0.29) is 23.2 Å². The predicted octanol–water partition coefficient (Wildman–Crippen LogP) is 1.49. The average Bonchev–Trinajstić information content (AvgIpc) is 2.83. The number of carbonyl (C=O) groups is 1. The molecule has 1 atom stereocenters. The highest BCUT2D eigenvalue weighted by Gasteiger charge is 2.21. The summed E-state index contributed by atoms with van der Waals surface area (Å²) in [5, 5.41) is 2.63. The zero-order valence-electron chi connectivity index (χ0n) is 12.1. The average molecular weight is 355 g/mol. The number of amides is 1. The number of hydrogen-bond acceptors (Lipinski definition) is 4. The number of nitrogens with one attached hydrogen (secondary N) is 1. The molecule has 120 valence electrons. The van der Waals surface area contributed by atoms with E-state index in [1.165, 1.54) is 12.3 Å². The minimum atomic E-state index is -3.89. The quantitative estimate of drug-likeness (QED) is 0.752. The molecule has 0 fully saturated rings. The lowest BCUT2D eigenvalue weighted by Gasteiger charge is -2.12. The molecule has 21 heavy (non-hydrogen) atoms. The topological polar surface area (TPSA) is 85.2 Å². The minimum Gasteiger partial charge on any atom is -0.350 e. The van der Waals surface area contributed by atoms with E-state index in [9.17, 15) is 17.4 Å². The standard InChI is InChI=1S/C12H19ClN2O4S2/c1-4-20(17)6-5-14-12(16)11-7-10(21(13,18)19)8-15(11)9(2)3/h7-9H,4-6H2,1-3H3,(H,14,16). The van der Waals surface area contributed by atoms with Gasteiger partial charge in [0.15, 0.2) is 0 Å². The van der Waals surface area contributed by atoms with Gasteiger partial charge in [0.25, 0.3) is 15.0 Å². The van der Waals surface area contributed by atoms with Crippen molar-refractivity contribution in [2.75, 3.05) is 18.1 Å². The molecule has 1 heterocycles. The molecule has 0 aliphatic rings. The molecule has 1 N–H and O–H groups in total. The normalized spacial score (nSPS) is 13.4. The maximum atomic E-state index is 12.1. The number of halogens is 1. The molecule has 0 bridgehead atoms. The molecule has 0 saturated heterocycles. The zero-order valence-corrected chi connectivity index (χ0v) is 14.5. The molecular weight excluding hydrogens is 336 g/mol. The molecule has 0 saturated carbocycles. The fourth-order valence-corrected chi connectivity index (χ4v) is 3.07. The first-order valence-corrected chi connectivity index (χ1v) is 10.3. The van der Waals surface area contributed by atoms with Gasteiger partial charge in [-0.15, -0.1) is 0 Å². The van der Waals surface area contributed by atoms with Gasteiger partial charge in [-0.1, -0.05) is 6.92 Å².